The first-order valence-electron chi connectivity index (χ1n) is 6.93. The molecule has 0 aliphatic rings. The van der Waals surface area contributed by atoms with Gasteiger partial charge in [0.15, 0.2) is 0 Å². The van der Waals surface area contributed by atoms with Crippen LogP contribution in [-0.2, 0) is 6.42 Å². The van der Waals surface area contributed by atoms with Gasteiger partial charge in [-0.1, -0.05) is 43.0 Å². The Balaban J connectivity index is 2.24. The van der Waals surface area contributed by atoms with E-state index in [0.717, 1.165) is 12.1 Å². The molecule has 0 aliphatic carbocycles. The molecule has 0 saturated carbocycles. The minimum absolute atomic E-state index is 0.162. The highest BCUT2D eigenvalue weighted by atomic mass is 16.1. The first-order chi connectivity index (χ1) is 10.2. The highest BCUT2D eigenvalue weighted by Gasteiger charge is 2.09. The van der Waals surface area contributed by atoms with E-state index < -0.39 is 0 Å². The van der Waals surface area contributed by atoms with Gasteiger partial charge >= 0.3 is 0 Å². The topological polar surface area (TPSA) is 55.1 Å². The third-order valence-electron chi connectivity index (χ3n) is 3.09. The molecular formula is C18H18N2O. The Morgan fingerprint density at radius 3 is 2.76 bits per heavy atom. The van der Waals surface area contributed by atoms with Crippen LogP contribution in [0.5, 0.6) is 0 Å². The Morgan fingerprint density at radius 2 is 2.00 bits per heavy atom. The molecule has 3 heteroatoms. The number of carbonyl (C=O) groups is 1. The zero-order valence-corrected chi connectivity index (χ0v) is 12.0. The number of amides is 1. The second-order valence-corrected chi connectivity index (χ2v) is 4.56. The lowest BCUT2D eigenvalue weighted by atomic mass is 10.1. The quantitative estimate of drug-likeness (QED) is 0.848. The van der Waals surface area contributed by atoms with E-state index in [4.69, 9.17) is 5.73 Å². The van der Waals surface area contributed by atoms with Gasteiger partial charge in [-0.25, -0.2) is 0 Å². The van der Waals surface area contributed by atoms with Gasteiger partial charge in [0, 0.05) is 11.3 Å². The van der Waals surface area contributed by atoms with Crippen LogP contribution in [0.1, 0.15) is 28.4 Å². The average molecular weight is 278 g/mol. The number of nitrogens with two attached hydrogens (primary N) is 1. The minimum atomic E-state index is -0.162. The predicted octanol–water partition coefficient (Wildman–Crippen LogP) is 2.81. The third-order valence-corrected chi connectivity index (χ3v) is 3.09. The lowest BCUT2D eigenvalue weighted by molar-refractivity contribution is 0.102. The number of hydrogen-bond donors (Lipinski definition) is 2. The lowest BCUT2D eigenvalue weighted by Crippen LogP contribution is -2.13. The summed E-state index contributed by atoms with van der Waals surface area (Å²) in [5.41, 5.74) is 8.60. The number of anilines is 1. The van der Waals surface area contributed by atoms with Gasteiger partial charge in [-0.3, -0.25) is 4.79 Å². The van der Waals surface area contributed by atoms with Gasteiger partial charge in [-0.15, -0.1) is 0 Å². The van der Waals surface area contributed by atoms with Crippen LogP contribution in [0.25, 0.3) is 0 Å². The molecule has 0 aromatic heterocycles. The van der Waals surface area contributed by atoms with Crippen LogP contribution in [0.15, 0.2) is 48.5 Å². The molecule has 3 nitrogen and oxygen atoms in total. The smallest absolute Gasteiger partial charge is 0.256 e. The van der Waals surface area contributed by atoms with Crippen LogP contribution < -0.4 is 11.1 Å². The number of aryl methyl sites for hydroxylation is 1. The number of carbonyl (C=O) groups excluding carboxylic acids is 1. The molecule has 0 bridgehead atoms. The fourth-order valence-electron chi connectivity index (χ4n) is 2.00. The largest absolute Gasteiger partial charge is 0.322 e. The van der Waals surface area contributed by atoms with Crippen LogP contribution in [-0.4, -0.2) is 12.5 Å². The van der Waals surface area contributed by atoms with Crippen molar-refractivity contribution in [3.8, 4) is 11.8 Å². The lowest BCUT2D eigenvalue weighted by Gasteiger charge is -2.08. The molecule has 0 saturated heterocycles. The predicted molar refractivity (Wildman–Crippen MR) is 86.1 cm³/mol. The fourth-order valence-corrected chi connectivity index (χ4v) is 2.00. The van der Waals surface area contributed by atoms with Crippen molar-refractivity contribution in [2.45, 2.75) is 13.3 Å². The number of nitrogens with one attached hydrogen (secondary N) is 1. The van der Waals surface area contributed by atoms with Crippen molar-refractivity contribution < 1.29 is 4.79 Å². The van der Waals surface area contributed by atoms with E-state index in [1.165, 1.54) is 5.56 Å². The summed E-state index contributed by atoms with van der Waals surface area (Å²) in [6, 6.07) is 15.1. The zero-order valence-electron chi connectivity index (χ0n) is 12.0. The monoisotopic (exact) mass is 278 g/mol. The normalized spacial score (nSPS) is 9.62. The number of hydrogen-bond acceptors (Lipinski definition) is 2. The van der Waals surface area contributed by atoms with Crippen LogP contribution in [0, 0.1) is 11.8 Å². The van der Waals surface area contributed by atoms with Gasteiger partial charge in [0.25, 0.3) is 5.91 Å². The summed E-state index contributed by atoms with van der Waals surface area (Å²) >= 11 is 0. The van der Waals surface area contributed by atoms with E-state index in [2.05, 4.69) is 24.1 Å². The average Bonchev–Trinajstić information content (AvgIpc) is 2.53. The molecule has 0 unspecified atom stereocenters. The summed E-state index contributed by atoms with van der Waals surface area (Å²) < 4.78 is 0. The highest BCUT2D eigenvalue weighted by Crippen LogP contribution is 2.14. The maximum Gasteiger partial charge on any atom is 0.256 e. The molecule has 2 aromatic carbocycles. The van der Waals surface area contributed by atoms with Gasteiger partial charge in [0.2, 0.25) is 0 Å². The van der Waals surface area contributed by atoms with Gasteiger partial charge < -0.3 is 11.1 Å². The van der Waals surface area contributed by atoms with Crippen LogP contribution in [0.4, 0.5) is 5.69 Å². The Morgan fingerprint density at radius 1 is 1.19 bits per heavy atom. The summed E-state index contributed by atoms with van der Waals surface area (Å²) in [7, 11) is 0. The SMILES string of the molecule is CCc1cccc(NC(=O)c2ccccc2C#CCN)c1. The summed E-state index contributed by atoms with van der Waals surface area (Å²) in [6.07, 6.45) is 0.933. The van der Waals surface area contributed by atoms with Crippen molar-refractivity contribution in [3.05, 3.63) is 65.2 Å². The van der Waals surface area contributed by atoms with Crippen molar-refractivity contribution in [1.29, 1.82) is 0 Å². The fraction of sp³-hybridized carbons (Fsp3) is 0.167. The second kappa shape index (κ2) is 7.28. The van der Waals surface area contributed by atoms with Crippen LogP contribution >= 0.6 is 0 Å². The zero-order chi connectivity index (χ0) is 15.1. The van der Waals surface area contributed by atoms with Gasteiger partial charge in [-0.05, 0) is 36.2 Å². The Bertz CT molecular complexity index is 696. The van der Waals surface area contributed by atoms with Crippen molar-refractivity contribution in [3.63, 3.8) is 0 Å². The first kappa shape index (κ1) is 14.8. The van der Waals surface area contributed by atoms with Crippen molar-refractivity contribution >= 4 is 11.6 Å². The molecule has 0 atom stereocenters. The van der Waals surface area contributed by atoms with Crippen molar-refractivity contribution in [2.24, 2.45) is 5.73 Å². The molecule has 0 fully saturated rings. The van der Waals surface area contributed by atoms with Gasteiger partial charge in [-0.2, -0.15) is 0 Å². The van der Waals surface area contributed by atoms with E-state index in [-0.39, 0.29) is 12.5 Å². The van der Waals surface area contributed by atoms with E-state index in [1.54, 1.807) is 6.07 Å². The molecule has 3 N–H and O–H groups in total. The molecule has 0 heterocycles. The molecule has 1 amide bonds. The number of benzene rings is 2. The Labute approximate surface area is 125 Å². The van der Waals surface area contributed by atoms with E-state index in [9.17, 15) is 4.79 Å². The van der Waals surface area contributed by atoms with Gasteiger partial charge in [0.1, 0.15) is 0 Å². The Hall–Kier alpha value is -2.57. The molecule has 2 aromatic rings. The first-order valence-corrected chi connectivity index (χ1v) is 6.93. The molecule has 0 aliphatic heterocycles. The number of rotatable bonds is 3. The molecule has 0 radical (unpaired) electrons. The maximum absolute atomic E-state index is 12.4. The van der Waals surface area contributed by atoms with E-state index in [1.807, 2.05) is 42.5 Å². The highest BCUT2D eigenvalue weighted by molar-refractivity contribution is 6.06. The molecule has 106 valence electrons. The molecule has 2 rings (SSSR count). The molecular weight excluding hydrogens is 260 g/mol. The van der Waals surface area contributed by atoms with Crippen molar-refractivity contribution in [2.75, 3.05) is 11.9 Å². The third kappa shape index (κ3) is 3.95. The standard InChI is InChI=1S/C18H18N2O/c1-2-14-7-5-10-16(13-14)20-18(21)17-11-4-3-8-15(17)9-6-12-19/h3-5,7-8,10-11,13H,2,12,19H2,1H3,(H,20,21). The summed E-state index contributed by atoms with van der Waals surface area (Å²) in [6.45, 7) is 2.35. The molecule has 21 heavy (non-hydrogen) atoms. The van der Waals surface area contributed by atoms with Gasteiger partial charge in [0.05, 0.1) is 12.1 Å². The maximum atomic E-state index is 12.4. The van der Waals surface area contributed by atoms with Crippen LogP contribution in [0.3, 0.4) is 0 Å². The molecule has 0 spiro atoms. The Kier molecular flexibility index (Phi) is 5.14. The summed E-state index contributed by atoms with van der Waals surface area (Å²) in [5, 5.41) is 2.91. The second-order valence-electron chi connectivity index (χ2n) is 4.56. The van der Waals surface area contributed by atoms with E-state index >= 15 is 0 Å². The minimum Gasteiger partial charge on any atom is -0.322 e. The summed E-state index contributed by atoms with van der Waals surface area (Å²) in [5.74, 6) is 5.54. The summed E-state index contributed by atoms with van der Waals surface area (Å²) in [4.78, 5) is 12.4. The van der Waals surface area contributed by atoms with Crippen LogP contribution in [0.2, 0.25) is 0 Å². The van der Waals surface area contributed by atoms with E-state index in [0.29, 0.717) is 11.1 Å². The van der Waals surface area contributed by atoms with Crippen molar-refractivity contribution in [1.82, 2.24) is 0 Å².